The first kappa shape index (κ1) is 16.5. The number of aromatic nitrogens is 2. The summed E-state index contributed by atoms with van der Waals surface area (Å²) in [6, 6.07) is 1.70. The maximum absolute atomic E-state index is 12.8. The van der Waals surface area contributed by atoms with E-state index in [1.54, 1.807) is 18.0 Å². The molecule has 1 aromatic rings. The molecule has 1 atom stereocenters. The molecule has 0 radical (unpaired) electrons. The fourth-order valence-electron chi connectivity index (χ4n) is 3.33. The SMILES string of the molecule is CC(C)Cc1cc(C(=O)N2CCC3(CN(C)C(=O)O3)C2)nc(N)n1. The van der Waals surface area contributed by atoms with E-state index >= 15 is 0 Å². The van der Waals surface area contributed by atoms with Crippen molar-refractivity contribution in [3.8, 4) is 0 Å². The van der Waals surface area contributed by atoms with Crippen LogP contribution < -0.4 is 5.73 Å². The first-order chi connectivity index (χ1) is 11.3. The predicted molar refractivity (Wildman–Crippen MR) is 87.3 cm³/mol. The average molecular weight is 333 g/mol. The molecule has 8 nitrogen and oxygen atoms in total. The van der Waals surface area contributed by atoms with Crippen LogP contribution in [0.1, 0.15) is 36.5 Å². The van der Waals surface area contributed by atoms with E-state index in [-0.39, 0.29) is 17.9 Å². The van der Waals surface area contributed by atoms with Crippen molar-refractivity contribution in [3.63, 3.8) is 0 Å². The van der Waals surface area contributed by atoms with Crippen molar-refractivity contribution in [2.45, 2.75) is 32.3 Å². The Labute approximate surface area is 141 Å². The summed E-state index contributed by atoms with van der Waals surface area (Å²) in [5, 5.41) is 0. The van der Waals surface area contributed by atoms with Gasteiger partial charge in [-0.1, -0.05) is 13.8 Å². The molecule has 24 heavy (non-hydrogen) atoms. The summed E-state index contributed by atoms with van der Waals surface area (Å²) in [6.07, 6.45) is 1.03. The van der Waals surface area contributed by atoms with Gasteiger partial charge in [0.1, 0.15) is 5.69 Å². The van der Waals surface area contributed by atoms with Crippen LogP contribution in [0, 0.1) is 5.92 Å². The van der Waals surface area contributed by atoms with Crippen LogP contribution in [0.3, 0.4) is 0 Å². The largest absolute Gasteiger partial charge is 0.439 e. The standard InChI is InChI=1S/C16H23N5O3/c1-10(2)6-11-7-12(19-14(17)18-11)13(22)21-5-4-16(9-21)8-20(3)15(23)24-16/h7,10H,4-6,8-9H2,1-3H3,(H2,17,18,19). The lowest BCUT2D eigenvalue weighted by molar-refractivity contribution is 0.0550. The zero-order chi connectivity index (χ0) is 17.5. The number of nitrogens with zero attached hydrogens (tertiary/aromatic N) is 4. The van der Waals surface area contributed by atoms with E-state index in [2.05, 4.69) is 23.8 Å². The summed E-state index contributed by atoms with van der Waals surface area (Å²) in [6.45, 7) is 5.57. The van der Waals surface area contributed by atoms with Crippen molar-refractivity contribution in [1.82, 2.24) is 19.8 Å². The molecule has 8 heteroatoms. The molecular formula is C16H23N5O3. The Morgan fingerprint density at radius 3 is 2.79 bits per heavy atom. The van der Waals surface area contributed by atoms with Gasteiger partial charge in [-0.25, -0.2) is 14.8 Å². The van der Waals surface area contributed by atoms with Gasteiger partial charge in [0, 0.05) is 25.7 Å². The minimum absolute atomic E-state index is 0.109. The summed E-state index contributed by atoms with van der Waals surface area (Å²) in [5.41, 5.74) is 6.22. The minimum Gasteiger partial charge on any atom is -0.439 e. The number of likely N-dealkylation sites (N-methyl/N-ethyl adjacent to an activating group) is 1. The van der Waals surface area contributed by atoms with Crippen molar-refractivity contribution in [3.05, 3.63) is 17.5 Å². The van der Waals surface area contributed by atoms with Crippen LogP contribution in [0.4, 0.5) is 10.7 Å². The second-order valence-corrected chi connectivity index (χ2v) is 7.08. The monoisotopic (exact) mass is 333 g/mol. The van der Waals surface area contributed by atoms with Crippen molar-refractivity contribution >= 4 is 17.9 Å². The molecule has 0 aliphatic carbocycles. The van der Waals surface area contributed by atoms with E-state index in [1.165, 1.54) is 4.90 Å². The molecular weight excluding hydrogens is 310 g/mol. The van der Waals surface area contributed by atoms with Gasteiger partial charge in [0.15, 0.2) is 5.60 Å². The van der Waals surface area contributed by atoms with Crippen molar-refractivity contribution in [2.24, 2.45) is 5.92 Å². The van der Waals surface area contributed by atoms with Crippen LogP contribution >= 0.6 is 0 Å². The number of hydrogen-bond acceptors (Lipinski definition) is 6. The summed E-state index contributed by atoms with van der Waals surface area (Å²) in [5.74, 6) is 0.319. The molecule has 2 aliphatic heterocycles. The molecule has 3 heterocycles. The minimum atomic E-state index is -0.596. The third-order valence-electron chi connectivity index (χ3n) is 4.38. The number of anilines is 1. The smallest absolute Gasteiger partial charge is 0.410 e. The molecule has 2 amide bonds. The van der Waals surface area contributed by atoms with E-state index in [0.29, 0.717) is 37.7 Å². The highest BCUT2D eigenvalue weighted by Gasteiger charge is 2.49. The molecule has 1 aromatic heterocycles. The topological polar surface area (TPSA) is 102 Å². The fourth-order valence-corrected chi connectivity index (χ4v) is 3.33. The van der Waals surface area contributed by atoms with Gasteiger partial charge < -0.3 is 20.3 Å². The van der Waals surface area contributed by atoms with Crippen molar-refractivity contribution in [2.75, 3.05) is 32.4 Å². The Hall–Kier alpha value is -2.38. The lowest BCUT2D eigenvalue weighted by atomic mass is 10.0. The first-order valence-electron chi connectivity index (χ1n) is 8.15. The van der Waals surface area contributed by atoms with Crippen LogP contribution in [0.5, 0.6) is 0 Å². The third-order valence-corrected chi connectivity index (χ3v) is 4.38. The molecule has 1 spiro atoms. The quantitative estimate of drug-likeness (QED) is 0.883. The molecule has 0 aromatic carbocycles. The van der Waals surface area contributed by atoms with Gasteiger partial charge in [0.2, 0.25) is 5.95 Å². The molecule has 130 valence electrons. The van der Waals surface area contributed by atoms with Crippen LogP contribution in [0.2, 0.25) is 0 Å². The van der Waals surface area contributed by atoms with E-state index in [4.69, 9.17) is 10.5 Å². The van der Waals surface area contributed by atoms with E-state index in [1.807, 2.05) is 0 Å². The van der Waals surface area contributed by atoms with Gasteiger partial charge in [-0.15, -0.1) is 0 Å². The maximum atomic E-state index is 12.8. The number of hydrogen-bond donors (Lipinski definition) is 1. The Balaban J connectivity index is 1.76. The molecule has 2 aliphatic rings. The van der Waals surface area contributed by atoms with Gasteiger partial charge in [-0.2, -0.15) is 0 Å². The number of nitrogen functional groups attached to an aromatic ring is 1. The fraction of sp³-hybridized carbons (Fsp3) is 0.625. The second-order valence-electron chi connectivity index (χ2n) is 7.08. The molecule has 3 rings (SSSR count). The summed E-state index contributed by atoms with van der Waals surface area (Å²) in [7, 11) is 1.70. The van der Waals surface area contributed by atoms with Gasteiger partial charge in [0.05, 0.1) is 13.1 Å². The average Bonchev–Trinajstić information content (AvgIpc) is 3.00. The molecule has 0 bridgehead atoms. The molecule has 2 saturated heterocycles. The van der Waals surface area contributed by atoms with E-state index in [9.17, 15) is 9.59 Å². The normalized spacial score (nSPS) is 23.4. The van der Waals surface area contributed by atoms with Crippen LogP contribution in [0.15, 0.2) is 6.07 Å². The molecule has 2 fully saturated rings. The lowest BCUT2D eigenvalue weighted by Gasteiger charge is -2.21. The number of amides is 2. The van der Waals surface area contributed by atoms with Gasteiger partial charge in [-0.05, 0) is 18.4 Å². The highest BCUT2D eigenvalue weighted by molar-refractivity contribution is 5.93. The number of nitrogens with two attached hydrogens (primary N) is 1. The summed E-state index contributed by atoms with van der Waals surface area (Å²) < 4.78 is 5.47. The molecule has 1 unspecified atom stereocenters. The Kier molecular flexibility index (Phi) is 4.06. The van der Waals surface area contributed by atoms with Gasteiger partial charge >= 0.3 is 6.09 Å². The first-order valence-corrected chi connectivity index (χ1v) is 8.15. The van der Waals surface area contributed by atoms with Crippen molar-refractivity contribution < 1.29 is 14.3 Å². The Bertz CT molecular complexity index is 678. The number of rotatable bonds is 3. The predicted octanol–water partition coefficient (Wildman–Crippen LogP) is 0.924. The lowest BCUT2D eigenvalue weighted by Crippen LogP contribution is -2.39. The molecule has 2 N–H and O–H groups in total. The van der Waals surface area contributed by atoms with Gasteiger partial charge in [0.25, 0.3) is 5.91 Å². The second kappa shape index (κ2) is 5.92. The van der Waals surface area contributed by atoms with E-state index in [0.717, 1.165) is 12.1 Å². The summed E-state index contributed by atoms with van der Waals surface area (Å²) >= 11 is 0. The number of ether oxygens (including phenoxy) is 1. The molecule has 0 saturated carbocycles. The number of likely N-dealkylation sites (tertiary alicyclic amines) is 1. The van der Waals surface area contributed by atoms with Crippen LogP contribution in [-0.2, 0) is 11.2 Å². The van der Waals surface area contributed by atoms with Crippen molar-refractivity contribution in [1.29, 1.82) is 0 Å². The Morgan fingerprint density at radius 1 is 1.42 bits per heavy atom. The highest BCUT2D eigenvalue weighted by atomic mass is 16.6. The maximum Gasteiger partial charge on any atom is 0.410 e. The van der Waals surface area contributed by atoms with Crippen LogP contribution in [0.25, 0.3) is 0 Å². The highest BCUT2D eigenvalue weighted by Crippen LogP contribution is 2.32. The summed E-state index contributed by atoms with van der Waals surface area (Å²) in [4.78, 5) is 35.9. The number of carbonyl (C=O) groups excluding carboxylic acids is 2. The van der Waals surface area contributed by atoms with E-state index < -0.39 is 5.60 Å². The zero-order valence-electron chi connectivity index (χ0n) is 14.3. The third kappa shape index (κ3) is 3.13. The number of carbonyl (C=O) groups is 2. The van der Waals surface area contributed by atoms with Crippen LogP contribution in [-0.4, -0.2) is 64.1 Å². The Morgan fingerprint density at radius 2 is 2.17 bits per heavy atom. The van der Waals surface area contributed by atoms with Gasteiger partial charge in [-0.3, -0.25) is 4.79 Å². The zero-order valence-corrected chi connectivity index (χ0v) is 14.3.